The fraction of sp³-hybridized carbons (Fsp3) is 0.444. The van der Waals surface area contributed by atoms with E-state index >= 15 is 0 Å². The van der Waals surface area contributed by atoms with Crippen LogP contribution >= 0.6 is 0 Å². The van der Waals surface area contributed by atoms with E-state index in [0.29, 0.717) is 29.3 Å². The Morgan fingerprint density at radius 1 is 0.960 bits per heavy atom. The van der Waals surface area contributed by atoms with E-state index in [9.17, 15) is 0 Å². The van der Waals surface area contributed by atoms with E-state index in [2.05, 4.69) is 63.2 Å². The number of imidazole rings is 1. The van der Waals surface area contributed by atoms with Crippen molar-refractivity contribution in [3.8, 4) is 11.5 Å². The van der Waals surface area contributed by atoms with Gasteiger partial charge in [0.25, 0.3) is 0 Å². The first-order valence-corrected chi connectivity index (χ1v) is 8.70. The first-order valence-electron chi connectivity index (χ1n) is 8.70. The highest BCUT2D eigenvalue weighted by molar-refractivity contribution is 5.86. The van der Waals surface area contributed by atoms with Crippen molar-refractivity contribution < 1.29 is 0 Å². The first kappa shape index (κ1) is 17.1. The zero-order valence-corrected chi connectivity index (χ0v) is 15.2. The van der Waals surface area contributed by atoms with Crippen molar-refractivity contribution in [2.24, 2.45) is 11.8 Å². The van der Waals surface area contributed by atoms with Gasteiger partial charge in [0.1, 0.15) is 11.2 Å². The van der Waals surface area contributed by atoms with Crippen LogP contribution in [0.3, 0.4) is 0 Å². The number of nitrogens with zero attached hydrogens (tertiary/aromatic N) is 4. The lowest BCUT2D eigenvalue weighted by Gasteiger charge is -2.11. The summed E-state index contributed by atoms with van der Waals surface area (Å²) >= 11 is 0. The molecule has 0 unspecified atom stereocenters. The second-order valence-electron chi connectivity index (χ2n) is 6.94. The van der Waals surface area contributed by atoms with Crippen molar-refractivity contribution in [1.29, 1.82) is 0 Å². The predicted molar refractivity (Wildman–Crippen MR) is 102 cm³/mol. The van der Waals surface area contributed by atoms with Crippen molar-refractivity contribution in [2.75, 3.05) is 23.7 Å². The molecule has 0 saturated heterocycles. The summed E-state index contributed by atoms with van der Waals surface area (Å²) < 4.78 is 0. The van der Waals surface area contributed by atoms with Gasteiger partial charge in [0.15, 0.2) is 17.3 Å². The van der Waals surface area contributed by atoms with Crippen LogP contribution in [0.25, 0.3) is 22.7 Å². The summed E-state index contributed by atoms with van der Waals surface area (Å²) in [5.41, 5.74) is 2.22. The molecular formula is C18H25N7. The average molecular weight is 339 g/mol. The number of aromatic amines is 1. The molecule has 0 amide bonds. The van der Waals surface area contributed by atoms with Gasteiger partial charge in [0.05, 0.1) is 0 Å². The normalized spacial score (nSPS) is 11.4. The summed E-state index contributed by atoms with van der Waals surface area (Å²) in [5, 5.41) is 6.68. The average Bonchev–Trinajstić information content (AvgIpc) is 3.02. The van der Waals surface area contributed by atoms with Crippen LogP contribution in [0, 0.1) is 11.8 Å². The molecule has 0 saturated carbocycles. The second kappa shape index (κ2) is 7.46. The molecule has 0 bridgehead atoms. The molecule has 3 heterocycles. The van der Waals surface area contributed by atoms with Crippen LogP contribution in [-0.4, -0.2) is 38.0 Å². The minimum Gasteiger partial charge on any atom is -0.368 e. The lowest BCUT2D eigenvalue weighted by atomic mass is 10.2. The van der Waals surface area contributed by atoms with E-state index in [1.165, 1.54) is 0 Å². The fourth-order valence-corrected chi connectivity index (χ4v) is 2.32. The largest absolute Gasteiger partial charge is 0.368 e. The van der Waals surface area contributed by atoms with Crippen molar-refractivity contribution in [2.45, 2.75) is 27.7 Å². The third-order valence-electron chi connectivity index (χ3n) is 3.60. The van der Waals surface area contributed by atoms with Gasteiger partial charge in [-0.3, -0.25) is 4.98 Å². The van der Waals surface area contributed by atoms with E-state index in [4.69, 9.17) is 0 Å². The Morgan fingerprint density at radius 2 is 1.72 bits per heavy atom. The maximum Gasteiger partial charge on any atom is 0.226 e. The van der Waals surface area contributed by atoms with Crippen LogP contribution in [0.2, 0.25) is 0 Å². The molecule has 0 spiro atoms. The number of nitrogens with one attached hydrogen (secondary N) is 3. The van der Waals surface area contributed by atoms with Gasteiger partial charge < -0.3 is 15.6 Å². The highest BCUT2D eigenvalue weighted by Crippen LogP contribution is 2.24. The monoisotopic (exact) mass is 339 g/mol. The molecule has 3 aromatic rings. The van der Waals surface area contributed by atoms with Crippen molar-refractivity contribution in [3.63, 3.8) is 0 Å². The van der Waals surface area contributed by atoms with E-state index < -0.39 is 0 Å². The number of pyridine rings is 1. The number of aromatic nitrogens is 5. The van der Waals surface area contributed by atoms with Crippen LogP contribution < -0.4 is 10.6 Å². The molecular weight excluding hydrogens is 314 g/mol. The quantitative estimate of drug-likeness (QED) is 0.610. The molecule has 0 radical (unpaired) electrons. The lowest BCUT2D eigenvalue weighted by Crippen LogP contribution is -2.14. The molecule has 0 atom stereocenters. The van der Waals surface area contributed by atoms with Crippen LogP contribution in [0.1, 0.15) is 27.7 Å². The van der Waals surface area contributed by atoms with Crippen LogP contribution in [-0.2, 0) is 0 Å². The van der Waals surface area contributed by atoms with Gasteiger partial charge in [-0.05, 0) is 24.0 Å². The molecule has 3 rings (SSSR count). The van der Waals surface area contributed by atoms with Gasteiger partial charge in [-0.1, -0.05) is 33.8 Å². The molecule has 0 aromatic carbocycles. The Hall–Kier alpha value is -2.70. The molecule has 3 N–H and O–H groups in total. The molecule has 0 fully saturated rings. The zero-order valence-electron chi connectivity index (χ0n) is 15.2. The molecule has 3 aromatic heterocycles. The van der Waals surface area contributed by atoms with Crippen LogP contribution in [0.4, 0.5) is 11.8 Å². The van der Waals surface area contributed by atoms with Gasteiger partial charge in [-0.15, -0.1) is 0 Å². The second-order valence-corrected chi connectivity index (χ2v) is 6.94. The third kappa shape index (κ3) is 4.23. The summed E-state index contributed by atoms with van der Waals surface area (Å²) in [6.07, 6.45) is 1.75. The molecule has 7 heteroatoms. The third-order valence-corrected chi connectivity index (χ3v) is 3.60. The van der Waals surface area contributed by atoms with Crippen molar-refractivity contribution in [3.05, 3.63) is 24.4 Å². The lowest BCUT2D eigenvalue weighted by molar-refractivity contribution is 0.682. The zero-order chi connectivity index (χ0) is 17.8. The molecule has 0 aliphatic carbocycles. The summed E-state index contributed by atoms with van der Waals surface area (Å²) in [7, 11) is 0. The van der Waals surface area contributed by atoms with E-state index in [0.717, 1.165) is 30.1 Å². The van der Waals surface area contributed by atoms with Crippen molar-refractivity contribution in [1.82, 2.24) is 24.9 Å². The Morgan fingerprint density at radius 3 is 2.40 bits per heavy atom. The van der Waals surface area contributed by atoms with Crippen molar-refractivity contribution >= 4 is 22.9 Å². The smallest absolute Gasteiger partial charge is 0.226 e. The molecule has 0 aliphatic heterocycles. The summed E-state index contributed by atoms with van der Waals surface area (Å²) in [4.78, 5) is 21.4. The summed E-state index contributed by atoms with van der Waals surface area (Å²) in [5.74, 6) is 3.06. The maximum absolute atomic E-state index is 4.63. The summed E-state index contributed by atoms with van der Waals surface area (Å²) in [6, 6.07) is 5.74. The van der Waals surface area contributed by atoms with Gasteiger partial charge in [0.2, 0.25) is 5.95 Å². The maximum atomic E-state index is 4.63. The Bertz CT molecular complexity index is 824. The standard InChI is InChI=1S/C18H25N7/c1-11(2)9-20-16-14-17(25-18(24-16)21-10-12(3)4)23-15(22-14)13-7-5-6-8-19-13/h5-8,11-12H,9-10H2,1-4H3,(H3,20,21,22,23,24,25). The van der Waals surface area contributed by atoms with Gasteiger partial charge >= 0.3 is 0 Å². The fourth-order valence-electron chi connectivity index (χ4n) is 2.32. The van der Waals surface area contributed by atoms with E-state index in [-0.39, 0.29) is 0 Å². The molecule has 132 valence electrons. The SMILES string of the molecule is CC(C)CNc1nc(NCC(C)C)c2[nH]c(-c3ccccn3)nc2n1. The number of hydrogen-bond acceptors (Lipinski definition) is 6. The Labute approximate surface area is 147 Å². The topological polar surface area (TPSA) is 91.4 Å². The molecule has 0 aliphatic rings. The highest BCUT2D eigenvalue weighted by Gasteiger charge is 2.14. The Kier molecular flexibility index (Phi) is 5.11. The van der Waals surface area contributed by atoms with Crippen LogP contribution in [0.5, 0.6) is 0 Å². The number of H-pyrrole nitrogens is 1. The van der Waals surface area contributed by atoms with Gasteiger partial charge in [-0.2, -0.15) is 9.97 Å². The highest BCUT2D eigenvalue weighted by atomic mass is 15.2. The van der Waals surface area contributed by atoms with Gasteiger partial charge in [0, 0.05) is 19.3 Å². The number of hydrogen-bond donors (Lipinski definition) is 3. The van der Waals surface area contributed by atoms with E-state index in [1.807, 2.05) is 18.2 Å². The number of fused-ring (bicyclic) bond motifs is 1. The molecule has 7 nitrogen and oxygen atoms in total. The number of rotatable bonds is 7. The first-order chi connectivity index (χ1) is 12.0. The predicted octanol–water partition coefficient (Wildman–Crippen LogP) is 3.55. The van der Waals surface area contributed by atoms with E-state index in [1.54, 1.807) is 6.20 Å². The Balaban J connectivity index is 2.00. The van der Waals surface area contributed by atoms with Gasteiger partial charge in [-0.25, -0.2) is 4.98 Å². The molecule has 25 heavy (non-hydrogen) atoms. The van der Waals surface area contributed by atoms with Crippen LogP contribution in [0.15, 0.2) is 24.4 Å². The summed E-state index contributed by atoms with van der Waals surface area (Å²) in [6.45, 7) is 10.3. The minimum atomic E-state index is 0.509. The minimum absolute atomic E-state index is 0.509. The number of anilines is 2.